The van der Waals surface area contributed by atoms with Gasteiger partial charge in [0.25, 0.3) is 0 Å². The molecule has 0 amide bonds. The molecule has 84 valence electrons. The van der Waals surface area contributed by atoms with Crippen LogP contribution in [0.4, 0.5) is 6.01 Å². The predicted octanol–water partition coefficient (Wildman–Crippen LogP) is 3.30. The molecule has 1 aromatic heterocycles. The maximum absolute atomic E-state index is 6.03. The molecule has 0 spiro atoms. The van der Waals surface area contributed by atoms with Gasteiger partial charge in [-0.3, -0.25) is 0 Å². The van der Waals surface area contributed by atoms with E-state index in [2.05, 4.69) is 15.5 Å². The van der Waals surface area contributed by atoms with E-state index in [4.69, 9.17) is 27.7 Å². The smallest absolute Gasteiger partial charge is 0.321 e. The van der Waals surface area contributed by atoms with Gasteiger partial charge in [0.1, 0.15) is 0 Å². The van der Waals surface area contributed by atoms with E-state index in [0.717, 1.165) is 5.56 Å². The van der Waals surface area contributed by atoms with Crippen LogP contribution in [-0.2, 0) is 6.54 Å². The highest BCUT2D eigenvalue weighted by Crippen LogP contribution is 2.25. The van der Waals surface area contributed by atoms with E-state index in [1.165, 1.54) is 0 Å². The minimum Gasteiger partial charge on any atom is -0.334 e. The van der Waals surface area contributed by atoms with Gasteiger partial charge in [-0.1, -0.05) is 40.5 Å². The second-order valence-corrected chi connectivity index (χ2v) is 4.00. The first kappa shape index (κ1) is 11.2. The molecular weight excluding hydrogens is 249 g/mol. The fourth-order valence-electron chi connectivity index (χ4n) is 1.22. The van der Waals surface area contributed by atoms with Crippen molar-refractivity contribution in [2.45, 2.75) is 13.5 Å². The molecule has 0 bridgehead atoms. The van der Waals surface area contributed by atoms with Gasteiger partial charge in [-0.05, 0) is 18.6 Å². The summed E-state index contributed by atoms with van der Waals surface area (Å²) < 4.78 is 4.91. The molecule has 6 heteroatoms. The standard InChI is InChI=1S/C10H9Cl2N3O/c1-6-14-10(16-15-6)13-5-7-3-2-4-8(11)9(7)12/h2-4H,5H2,1H3,(H,13,14,15). The molecule has 1 N–H and O–H groups in total. The fraction of sp³-hybridized carbons (Fsp3) is 0.200. The van der Waals surface area contributed by atoms with Gasteiger partial charge in [-0.2, -0.15) is 4.98 Å². The second-order valence-electron chi connectivity index (χ2n) is 3.21. The number of halogens is 2. The Morgan fingerprint density at radius 3 is 2.88 bits per heavy atom. The third-order valence-electron chi connectivity index (χ3n) is 1.99. The average Bonchev–Trinajstić information content (AvgIpc) is 2.67. The predicted molar refractivity (Wildman–Crippen MR) is 62.8 cm³/mol. The fourth-order valence-corrected chi connectivity index (χ4v) is 1.61. The Bertz CT molecular complexity index is 499. The zero-order valence-electron chi connectivity index (χ0n) is 8.50. The maximum Gasteiger partial charge on any atom is 0.321 e. The van der Waals surface area contributed by atoms with Crippen LogP contribution >= 0.6 is 23.2 Å². The molecule has 2 aromatic rings. The molecule has 2 rings (SSSR count). The summed E-state index contributed by atoms with van der Waals surface area (Å²) >= 11 is 11.9. The summed E-state index contributed by atoms with van der Waals surface area (Å²) in [6, 6.07) is 5.83. The Morgan fingerprint density at radius 1 is 1.38 bits per heavy atom. The summed E-state index contributed by atoms with van der Waals surface area (Å²) in [6.07, 6.45) is 0. The highest BCUT2D eigenvalue weighted by atomic mass is 35.5. The lowest BCUT2D eigenvalue weighted by molar-refractivity contribution is 0.425. The van der Waals surface area contributed by atoms with Gasteiger partial charge in [0.05, 0.1) is 10.0 Å². The Morgan fingerprint density at radius 2 is 2.19 bits per heavy atom. The van der Waals surface area contributed by atoms with E-state index >= 15 is 0 Å². The first-order chi connectivity index (χ1) is 7.66. The quantitative estimate of drug-likeness (QED) is 0.917. The van der Waals surface area contributed by atoms with Gasteiger partial charge in [0, 0.05) is 6.54 Å². The van der Waals surface area contributed by atoms with Crippen molar-refractivity contribution >= 4 is 29.2 Å². The molecule has 1 aromatic carbocycles. The Labute approximate surface area is 103 Å². The molecule has 0 aliphatic rings. The zero-order chi connectivity index (χ0) is 11.5. The van der Waals surface area contributed by atoms with Crippen LogP contribution in [0.1, 0.15) is 11.4 Å². The first-order valence-electron chi connectivity index (χ1n) is 4.64. The normalized spacial score (nSPS) is 10.4. The summed E-state index contributed by atoms with van der Waals surface area (Å²) in [5.74, 6) is 0.583. The SMILES string of the molecule is Cc1noc(NCc2cccc(Cl)c2Cl)n1. The van der Waals surface area contributed by atoms with E-state index in [-0.39, 0.29) is 0 Å². The molecule has 0 unspecified atom stereocenters. The van der Waals surface area contributed by atoms with E-state index in [9.17, 15) is 0 Å². The molecule has 0 fully saturated rings. The number of rotatable bonds is 3. The number of nitrogens with one attached hydrogen (secondary N) is 1. The highest BCUT2D eigenvalue weighted by Gasteiger charge is 2.06. The Hall–Kier alpha value is -1.26. The summed E-state index contributed by atoms with van der Waals surface area (Å²) in [4.78, 5) is 4.01. The number of nitrogens with zero attached hydrogens (tertiary/aromatic N) is 2. The van der Waals surface area contributed by atoms with Crippen LogP contribution < -0.4 is 5.32 Å². The van der Waals surface area contributed by atoms with Gasteiger partial charge < -0.3 is 9.84 Å². The van der Waals surface area contributed by atoms with Crippen molar-refractivity contribution in [2.24, 2.45) is 0 Å². The van der Waals surface area contributed by atoms with Crippen LogP contribution in [0.15, 0.2) is 22.7 Å². The summed E-state index contributed by atoms with van der Waals surface area (Å²) in [6.45, 7) is 2.24. The summed E-state index contributed by atoms with van der Waals surface area (Å²) in [5, 5.41) is 7.69. The van der Waals surface area contributed by atoms with Crippen molar-refractivity contribution in [1.29, 1.82) is 0 Å². The van der Waals surface area contributed by atoms with Crippen LogP contribution in [0.3, 0.4) is 0 Å². The topological polar surface area (TPSA) is 51.0 Å². The first-order valence-corrected chi connectivity index (χ1v) is 5.39. The van der Waals surface area contributed by atoms with Crippen LogP contribution in [0.5, 0.6) is 0 Å². The molecular formula is C10H9Cl2N3O. The monoisotopic (exact) mass is 257 g/mol. The Kier molecular flexibility index (Phi) is 3.31. The third-order valence-corrected chi connectivity index (χ3v) is 2.85. The number of anilines is 1. The molecule has 0 radical (unpaired) electrons. The summed E-state index contributed by atoms with van der Waals surface area (Å²) in [5.41, 5.74) is 0.880. The lowest BCUT2D eigenvalue weighted by atomic mass is 10.2. The van der Waals surface area contributed by atoms with Crippen LogP contribution in [-0.4, -0.2) is 10.1 Å². The van der Waals surface area contributed by atoms with Crippen LogP contribution in [0.2, 0.25) is 10.0 Å². The van der Waals surface area contributed by atoms with Crippen molar-refractivity contribution < 1.29 is 4.52 Å². The van der Waals surface area contributed by atoms with Crippen molar-refractivity contribution in [2.75, 3.05) is 5.32 Å². The summed E-state index contributed by atoms with van der Waals surface area (Å²) in [7, 11) is 0. The van der Waals surface area contributed by atoms with E-state index in [1.54, 1.807) is 13.0 Å². The molecule has 16 heavy (non-hydrogen) atoms. The number of aryl methyl sites for hydroxylation is 1. The number of hydrogen-bond acceptors (Lipinski definition) is 4. The molecule has 0 aliphatic carbocycles. The number of benzene rings is 1. The van der Waals surface area contributed by atoms with E-state index in [0.29, 0.717) is 28.4 Å². The van der Waals surface area contributed by atoms with Gasteiger partial charge in [-0.25, -0.2) is 0 Å². The van der Waals surface area contributed by atoms with E-state index < -0.39 is 0 Å². The maximum atomic E-state index is 6.03. The van der Waals surface area contributed by atoms with Crippen molar-refractivity contribution in [3.05, 3.63) is 39.6 Å². The molecule has 0 saturated carbocycles. The number of hydrogen-bond donors (Lipinski definition) is 1. The Balaban J connectivity index is 2.07. The second kappa shape index (κ2) is 4.72. The highest BCUT2D eigenvalue weighted by molar-refractivity contribution is 6.42. The minimum atomic E-state index is 0.369. The van der Waals surface area contributed by atoms with Crippen molar-refractivity contribution in [3.63, 3.8) is 0 Å². The zero-order valence-corrected chi connectivity index (χ0v) is 10.0. The molecule has 0 atom stereocenters. The lowest BCUT2D eigenvalue weighted by Gasteiger charge is -2.05. The van der Waals surface area contributed by atoms with Gasteiger partial charge in [-0.15, -0.1) is 0 Å². The molecule has 1 heterocycles. The van der Waals surface area contributed by atoms with Gasteiger partial charge in [0.15, 0.2) is 5.82 Å². The average molecular weight is 258 g/mol. The molecule has 0 aliphatic heterocycles. The molecule has 4 nitrogen and oxygen atoms in total. The number of aromatic nitrogens is 2. The third kappa shape index (κ3) is 2.46. The van der Waals surface area contributed by atoms with Crippen molar-refractivity contribution in [3.8, 4) is 0 Å². The largest absolute Gasteiger partial charge is 0.334 e. The minimum absolute atomic E-state index is 0.369. The van der Waals surface area contributed by atoms with Gasteiger partial charge in [0.2, 0.25) is 0 Å². The lowest BCUT2D eigenvalue weighted by Crippen LogP contribution is -2.00. The van der Waals surface area contributed by atoms with Crippen LogP contribution in [0, 0.1) is 6.92 Å². The molecule has 0 saturated heterocycles. The van der Waals surface area contributed by atoms with Gasteiger partial charge >= 0.3 is 6.01 Å². The van der Waals surface area contributed by atoms with Crippen LogP contribution in [0.25, 0.3) is 0 Å². The van der Waals surface area contributed by atoms with E-state index in [1.807, 2.05) is 12.1 Å². The van der Waals surface area contributed by atoms with Crippen molar-refractivity contribution in [1.82, 2.24) is 10.1 Å².